The first-order valence-corrected chi connectivity index (χ1v) is 12.0. The number of rotatable bonds is 8. The van der Waals surface area contributed by atoms with Gasteiger partial charge < -0.3 is 10.2 Å². The van der Waals surface area contributed by atoms with Gasteiger partial charge in [-0.05, 0) is 93.2 Å². The summed E-state index contributed by atoms with van der Waals surface area (Å²) >= 11 is 0. The Bertz CT molecular complexity index is 1240. The molecule has 3 rings (SSSR count). The number of likely N-dealkylation sites (N-methyl/N-ethyl adjacent to an activating group) is 1. The number of hydrogen-bond donors (Lipinski definition) is 2. The predicted octanol–water partition coefficient (Wildman–Crippen LogP) is 4.28. The van der Waals surface area contributed by atoms with Gasteiger partial charge in [0.2, 0.25) is 0 Å². The highest BCUT2D eigenvalue weighted by Crippen LogP contribution is 2.20. The Balaban J connectivity index is 1.66. The van der Waals surface area contributed by atoms with E-state index in [2.05, 4.69) is 10.0 Å². The van der Waals surface area contributed by atoms with Gasteiger partial charge in [-0.2, -0.15) is 0 Å². The van der Waals surface area contributed by atoms with Crippen LogP contribution in [-0.4, -0.2) is 39.9 Å². The van der Waals surface area contributed by atoms with Gasteiger partial charge in [0.15, 0.2) is 0 Å². The average molecular weight is 470 g/mol. The van der Waals surface area contributed by atoms with Gasteiger partial charge in [0.25, 0.3) is 15.9 Å². The quantitative estimate of drug-likeness (QED) is 0.516. The Morgan fingerprint density at radius 1 is 0.970 bits per heavy atom. The molecule has 0 fully saturated rings. The predicted molar refractivity (Wildman–Crippen MR) is 128 cm³/mol. The molecule has 0 saturated carbocycles. The SMILES string of the molecule is Cc1ccc(S(=O)(=O)Nc2ccc(C(=O)NCC(c3cccc(F)c3)N(C)C)cc2)cc1C. The lowest BCUT2D eigenvalue weighted by atomic mass is 10.1. The van der Waals surface area contributed by atoms with E-state index in [4.69, 9.17) is 0 Å². The van der Waals surface area contributed by atoms with E-state index in [1.54, 1.807) is 48.5 Å². The maximum absolute atomic E-state index is 13.6. The van der Waals surface area contributed by atoms with Crippen LogP contribution in [0.15, 0.2) is 71.6 Å². The molecule has 0 aliphatic carbocycles. The lowest BCUT2D eigenvalue weighted by Gasteiger charge is -2.25. The molecule has 3 aromatic carbocycles. The number of aryl methyl sites for hydroxylation is 2. The van der Waals surface area contributed by atoms with Crippen LogP contribution in [0.2, 0.25) is 0 Å². The molecule has 1 atom stereocenters. The number of halogens is 1. The van der Waals surface area contributed by atoms with Crippen LogP contribution in [0.25, 0.3) is 0 Å². The van der Waals surface area contributed by atoms with E-state index in [1.807, 2.05) is 38.9 Å². The highest BCUT2D eigenvalue weighted by molar-refractivity contribution is 7.92. The second-order valence-electron chi connectivity index (χ2n) is 8.17. The summed E-state index contributed by atoms with van der Waals surface area (Å²) in [7, 11) is -0.0190. The molecule has 2 N–H and O–H groups in total. The second kappa shape index (κ2) is 10.1. The molecule has 0 radical (unpaired) electrons. The zero-order valence-electron chi connectivity index (χ0n) is 19.1. The van der Waals surface area contributed by atoms with Crippen molar-refractivity contribution in [3.8, 4) is 0 Å². The van der Waals surface area contributed by atoms with Gasteiger partial charge in [-0.15, -0.1) is 0 Å². The fourth-order valence-corrected chi connectivity index (χ4v) is 4.53. The summed E-state index contributed by atoms with van der Waals surface area (Å²) in [5.74, 6) is -0.633. The molecule has 0 spiro atoms. The Morgan fingerprint density at radius 3 is 2.27 bits per heavy atom. The topological polar surface area (TPSA) is 78.5 Å². The fraction of sp³-hybridized carbons (Fsp3) is 0.240. The smallest absolute Gasteiger partial charge is 0.261 e. The lowest BCUT2D eigenvalue weighted by Crippen LogP contribution is -2.34. The molecular weight excluding hydrogens is 441 g/mol. The molecular formula is C25H28FN3O3S. The number of carbonyl (C=O) groups excluding carboxylic acids is 1. The monoisotopic (exact) mass is 469 g/mol. The van der Waals surface area contributed by atoms with Crippen LogP contribution in [0.3, 0.4) is 0 Å². The molecule has 8 heteroatoms. The van der Waals surface area contributed by atoms with Crippen LogP contribution < -0.4 is 10.0 Å². The van der Waals surface area contributed by atoms with E-state index in [1.165, 1.54) is 12.1 Å². The minimum absolute atomic E-state index is 0.180. The summed E-state index contributed by atoms with van der Waals surface area (Å²) in [6.07, 6.45) is 0. The Kier molecular flexibility index (Phi) is 7.50. The van der Waals surface area contributed by atoms with Crippen molar-refractivity contribution in [3.63, 3.8) is 0 Å². The number of hydrogen-bond acceptors (Lipinski definition) is 4. The van der Waals surface area contributed by atoms with Crippen LogP contribution in [-0.2, 0) is 10.0 Å². The molecule has 0 aliphatic heterocycles. The third-order valence-electron chi connectivity index (χ3n) is 5.50. The summed E-state index contributed by atoms with van der Waals surface area (Å²) in [6.45, 7) is 4.06. The minimum Gasteiger partial charge on any atom is -0.350 e. The van der Waals surface area contributed by atoms with Crippen LogP contribution in [0, 0.1) is 19.7 Å². The highest BCUT2D eigenvalue weighted by Gasteiger charge is 2.18. The molecule has 0 aliphatic rings. The Hall–Kier alpha value is -3.23. The lowest BCUT2D eigenvalue weighted by molar-refractivity contribution is 0.0942. The molecule has 174 valence electrons. The van der Waals surface area contributed by atoms with Gasteiger partial charge in [-0.1, -0.05) is 18.2 Å². The zero-order valence-corrected chi connectivity index (χ0v) is 19.9. The summed E-state index contributed by atoms with van der Waals surface area (Å²) in [5.41, 5.74) is 3.41. The number of amides is 1. The highest BCUT2D eigenvalue weighted by atomic mass is 32.2. The number of anilines is 1. The van der Waals surface area contributed by atoms with Crippen molar-refractivity contribution in [3.05, 3.63) is 94.8 Å². The molecule has 0 bridgehead atoms. The van der Waals surface area contributed by atoms with Crippen molar-refractivity contribution < 1.29 is 17.6 Å². The third kappa shape index (κ3) is 6.18. The van der Waals surface area contributed by atoms with E-state index < -0.39 is 10.0 Å². The molecule has 33 heavy (non-hydrogen) atoms. The van der Waals surface area contributed by atoms with E-state index in [0.29, 0.717) is 11.3 Å². The molecule has 1 unspecified atom stereocenters. The van der Waals surface area contributed by atoms with Gasteiger partial charge in [0.1, 0.15) is 5.82 Å². The van der Waals surface area contributed by atoms with E-state index >= 15 is 0 Å². The van der Waals surface area contributed by atoms with Crippen LogP contribution >= 0.6 is 0 Å². The standard InChI is InChI=1S/C25H28FN3O3S/c1-17-8-13-23(14-18(17)2)33(31,32)28-22-11-9-19(10-12-22)25(30)27-16-24(29(3)4)20-6-5-7-21(26)15-20/h5-15,24,28H,16H2,1-4H3,(H,27,30). The molecule has 6 nitrogen and oxygen atoms in total. The van der Waals surface area contributed by atoms with Crippen molar-refractivity contribution in [2.24, 2.45) is 0 Å². The van der Waals surface area contributed by atoms with Crippen molar-refractivity contribution >= 4 is 21.6 Å². The Labute approximate surface area is 194 Å². The maximum atomic E-state index is 13.6. The largest absolute Gasteiger partial charge is 0.350 e. The van der Waals surface area contributed by atoms with Crippen molar-refractivity contribution in [2.45, 2.75) is 24.8 Å². The molecule has 0 saturated heterocycles. The van der Waals surface area contributed by atoms with Crippen LogP contribution in [0.1, 0.15) is 33.1 Å². The van der Waals surface area contributed by atoms with Crippen molar-refractivity contribution in [1.29, 1.82) is 0 Å². The summed E-state index contributed by atoms with van der Waals surface area (Å²) in [5, 5.41) is 2.86. The van der Waals surface area contributed by atoms with E-state index in [-0.39, 0.29) is 29.2 Å². The van der Waals surface area contributed by atoms with E-state index in [0.717, 1.165) is 16.7 Å². The molecule has 3 aromatic rings. The van der Waals surface area contributed by atoms with Crippen LogP contribution in [0.4, 0.5) is 10.1 Å². The Morgan fingerprint density at radius 2 is 1.67 bits per heavy atom. The first-order chi connectivity index (χ1) is 15.6. The maximum Gasteiger partial charge on any atom is 0.261 e. The van der Waals surface area contributed by atoms with Gasteiger partial charge in [-0.25, -0.2) is 12.8 Å². The number of benzene rings is 3. The van der Waals surface area contributed by atoms with Crippen molar-refractivity contribution in [1.82, 2.24) is 10.2 Å². The first kappa shape index (κ1) is 24.4. The van der Waals surface area contributed by atoms with Gasteiger partial charge in [0.05, 0.1) is 10.9 Å². The summed E-state index contributed by atoms with van der Waals surface area (Å²) < 4.78 is 41.5. The summed E-state index contributed by atoms with van der Waals surface area (Å²) in [6, 6.07) is 17.2. The zero-order chi connectivity index (χ0) is 24.2. The van der Waals surface area contributed by atoms with Crippen LogP contribution in [0.5, 0.6) is 0 Å². The number of carbonyl (C=O) groups is 1. The van der Waals surface area contributed by atoms with Crippen molar-refractivity contribution in [2.75, 3.05) is 25.4 Å². The molecule has 0 aromatic heterocycles. The number of nitrogens with one attached hydrogen (secondary N) is 2. The van der Waals surface area contributed by atoms with Gasteiger partial charge >= 0.3 is 0 Å². The third-order valence-corrected chi connectivity index (χ3v) is 6.88. The summed E-state index contributed by atoms with van der Waals surface area (Å²) in [4.78, 5) is 14.7. The van der Waals surface area contributed by atoms with E-state index in [9.17, 15) is 17.6 Å². The molecule has 1 amide bonds. The normalized spacial score (nSPS) is 12.4. The van der Waals surface area contributed by atoms with Gasteiger partial charge in [-0.3, -0.25) is 9.52 Å². The minimum atomic E-state index is -3.74. The first-order valence-electron chi connectivity index (χ1n) is 10.5. The number of sulfonamides is 1. The second-order valence-corrected chi connectivity index (χ2v) is 9.86. The van der Waals surface area contributed by atoms with Gasteiger partial charge in [0, 0.05) is 17.8 Å². The number of nitrogens with zero attached hydrogens (tertiary/aromatic N) is 1. The molecule has 0 heterocycles. The fourth-order valence-electron chi connectivity index (χ4n) is 3.39. The average Bonchev–Trinajstić information content (AvgIpc) is 2.75.